The molecule has 4 heteroatoms. The molecule has 2 atom stereocenters. The fourth-order valence-electron chi connectivity index (χ4n) is 3.80. The lowest BCUT2D eigenvalue weighted by Gasteiger charge is -2.26. The van der Waals surface area contributed by atoms with Crippen LogP contribution < -0.4 is 0 Å². The Balaban J connectivity index is 1.73. The van der Waals surface area contributed by atoms with Crippen molar-refractivity contribution in [2.24, 2.45) is 0 Å². The van der Waals surface area contributed by atoms with Crippen molar-refractivity contribution in [3.05, 3.63) is 29.5 Å². The first kappa shape index (κ1) is 14.2. The summed E-state index contributed by atoms with van der Waals surface area (Å²) in [6.45, 7) is 4.81. The van der Waals surface area contributed by atoms with Gasteiger partial charge in [0.1, 0.15) is 0 Å². The van der Waals surface area contributed by atoms with E-state index < -0.39 is 0 Å². The van der Waals surface area contributed by atoms with Crippen molar-refractivity contribution in [3.8, 4) is 0 Å². The van der Waals surface area contributed by atoms with Crippen LogP contribution >= 0.6 is 0 Å². The molecule has 22 heavy (non-hydrogen) atoms. The van der Waals surface area contributed by atoms with E-state index >= 15 is 0 Å². The van der Waals surface area contributed by atoms with Gasteiger partial charge >= 0.3 is 0 Å². The summed E-state index contributed by atoms with van der Waals surface area (Å²) >= 11 is 0. The van der Waals surface area contributed by atoms with E-state index in [-0.39, 0.29) is 6.23 Å². The van der Waals surface area contributed by atoms with Crippen molar-refractivity contribution < 1.29 is 9.47 Å². The van der Waals surface area contributed by atoms with Gasteiger partial charge in [0.2, 0.25) is 0 Å². The Hall–Kier alpha value is -1.39. The van der Waals surface area contributed by atoms with E-state index in [1.807, 2.05) is 6.20 Å². The van der Waals surface area contributed by atoms with Crippen LogP contribution in [0.1, 0.15) is 55.4 Å². The monoisotopic (exact) mass is 300 g/mol. The first-order valence-corrected chi connectivity index (χ1v) is 8.50. The maximum atomic E-state index is 5.92. The average Bonchev–Trinajstić information content (AvgIpc) is 2.98. The highest BCUT2D eigenvalue weighted by Crippen LogP contribution is 2.33. The molecule has 1 aromatic carbocycles. The van der Waals surface area contributed by atoms with Gasteiger partial charge in [0.05, 0.1) is 18.3 Å². The molecule has 0 N–H and O–H groups in total. The number of fused-ring (bicyclic) bond motifs is 1. The van der Waals surface area contributed by atoms with E-state index in [9.17, 15) is 0 Å². The van der Waals surface area contributed by atoms with E-state index in [0.717, 1.165) is 32.7 Å². The van der Waals surface area contributed by atoms with E-state index in [4.69, 9.17) is 9.47 Å². The van der Waals surface area contributed by atoms with Crippen LogP contribution in [-0.4, -0.2) is 29.6 Å². The van der Waals surface area contributed by atoms with Crippen LogP contribution in [0.3, 0.4) is 0 Å². The zero-order valence-corrected chi connectivity index (χ0v) is 13.3. The number of aromatic nitrogens is 2. The van der Waals surface area contributed by atoms with Gasteiger partial charge in [0, 0.05) is 24.5 Å². The molecule has 3 heterocycles. The molecule has 4 rings (SSSR count). The topological polar surface area (TPSA) is 36.3 Å². The van der Waals surface area contributed by atoms with Crippen LogP contribution in [0, 0.1) is 6.92 Å². The number of hydrogen-bond donors (Lipinski definition) is 0. The normalized spacial score (nSPS) is 26.4. The standard InChI is InChI=1S/C18H24N2O2/c1-13-9-15-11-19-20(18-6-2-3-8-22-18)17(15)10-16(13)14-5-4-7-21-12-14/h9-11,14,18H,2-8,12H2,1H3. The fourth-order valence-corrected chi connectivity index (χ4v) is 3.80. The van der Waals surface area contributed by atoms with Gasteiger partial charge in [0.25, 0.3) is 0 Å². The molecule has 0 amide bonds. The molecule has 2 aliphatic rings. The highest BCUT2D eigenvalue weighted by molar-refractivity contribution is 5.80. The SMILES string of the molecule is Cc1cc2cnn(C3CCCCO3)c2cc1C1CCCOC1. The van der Waals surface area contributed by atoms with Crippen molar-refractivity contribution in [3.63, 3.8) is 0 Å². The Morgan fingerprint density at radius 1 is 1.14 bits per heavy atom. The molecule has 0 saturated carbocycles. The highest BCUT2D eigenvalue weighted by Gasteiger charge is 2.22. The number of ether oxygens (including phenoxy) is 2. The lowest BCUT2D eigenvalue weighted by Crippen LogP contribution is -2.19. The zero-order chi connectivity index (χ0) is 14.9. The van der Waals surface area contributed by atoms with Gasteiger partial charge in [0.15, 0.2) is 6.23 Å². The Kier molecular flexibility index (Phi) is 3.89. The average molecular weight is 300 g/mol. The smallest absolute Gasteiger partial charge is 0.150 e. The number of benzene rings is 1. The third-order valence-corrected chi connectivity index (χ3v) is 5.01. The Morgan fingerprint density at radius 2 is 2.09 bits per heavy atom. The Bertz CT molecular complexity index is 652. The van der Waals surface area contributed by atoms with Gasteiger partial charge in [-0.3, -0.25) is 0 Å². The minimum absolute atomic E-state index is 0.101. The van der Waals surface area contributed by atoms with E-state index in [0.29, 0.717) is 5.92 Å². The van der Waals surface area contributed by atoms with Crippen LogP contribution in [0.5, 0.6) is 0 Å². The van der Waals surface area contributed by atoms with Crippen LogP contribution in [0.4, 0.5) is 0 Å². The quantitative estimate of drug-likeness (QED) is 0.843. The molecule has 2 unspecified atom stereocenters. The first-order valence-electron chi connectivity index (χ1n) is 8.50. The van der Waals surface area contributed by atoms with Gasteiger partial charge in [-0.15, -0.1) is 0 Å². The van der Waals surface area contributed by atoms with E-state index in [2.05, 4.69) is 28.8 Å². The minimum atomic E-state index is 0.101. The predicted molar refractivity (Wildman–Crippen MR) is 86.1 cm³/mol. The summed E-state index contributed by atoms with van der Waals surface area (Å²) < 4.78 is 13.7. The van der Waals surface area contributed by atoms with Gasteiger partial charge in [-0.2, -0.15) is 5.10 Å². The molecular formula is C18H24N2O2. The molecule has 0 aliphatic carbocycles. The molecular weight excluding hydrogens is 276 g/mol. The van der Waals surface area contributed by atoms with Crippen molar-refractivity contribution in [2.45, 2.75) is 51.2 Å². The summed E-state index contributed by atoms with van der Waals surface area (Å²) in [6.07, 6.45) is 7.91. The molecule has 4 nitrogen and oxygen atoms in total. The molecule has 0 bridgehead atoms. The summed E-state index contributed by atoms with van der Waals surface area (Å²) in [5.41, 5.74) is 3.98. The van der Waals surface area contributed by atoms with Crippen LogP contribution in [0.15, 0.2) is 18.3 Å². The second kappa shape index (κ2) is 6.01. The molecule has 2 fully saturated rings. The largest absolute Gasteiger partial charge is 0.381 e. The second-order valence-electron chi connectivity index (χ2n) is 6.59. The molecule has 2 aliphatic heterocycles. The van der Waals surface area contributed by atoms with Crippen LogP contribution in [-0.2, 0) is 9.47 Å². The fraction of sp³-hybridized carbons (Fsp3) is 0.611. The molecule has 0 radical (unpaired) electrons. The third kappa shape index (κ3) is 2.55. The van der Waals surface area contributed by atoms with Crippen LogP contribution in [0.2, 0.25) is 0 Å². The van der Waals surface area contributed by atoms with Gasteiger partial charge in [-0.25, -0.2) is 4.68 Å². The molecule has 2 saturated heterocycles. The Labute approximate surface area is 131 Å². The summed E-state index contributed by atoms with van der Waals surface area (Å²) in [5.74, 6) is 0.522. The van der Waals surface area contributed by atoms with Gasteiger partial charge in [-0.1, -0.05) is 0 Å². The van der Waals surface area contributed by atoms with Gasteiger partial charge in [-0.05, 0) is 62.3 Å². The first-order chi connectivity index (χ1) is 10.8. The second-order valence-corrected chi connectivity index (χ2v) is 6.59. The van der Waals surface area contributed by atoms with Gasteiger partial charge < -0.3 is 9.47 Å². The molecule has 1 aromatic heterocycles. The lowest BCUT2D eigenvalue weighted by atomic mass is 9.89. The Morgan fingerprint density at radius 3 is 2.86 bits per heavy atom. The number of aryl methyl sites for hydroxylation is 1. The maximum absolute atomic E-state index is 5.92. The maximum Gasteiger partial charge on any atom is 0.150 e. The number of nitrogens with zero attached hydrogens (tertiary/aromatic N) is 2. The van der Waals surface area contributed by atoms with Crippen molar-refractivity contribution in [1.82, 2.24) is 9.78 Å². The molecule has 118 valence electrons. The highest BCUT2D eigenvalue weighted by atomic mass is 16.5. The third-order valence-electron chi connectivity index (χ3n) is 5.01. The van der Waals surface area contributed by atoms with Crippen molar-refractivity contribution in [1.29, 1.82) is 0 Å². The number of hydrogen-bond acceptors (Lipinski definition) is 3. The van der Waals surface area contributed by atoms with Crippen molar-refractivity contribution in [2.75, 3.05) is 19.8 Å². The van der Waals surface area contributed by atoms with Crippen LogP contribution in [0.25, 0.3) is 10.9 Å². The summed E-state index contributed by atoms with van der Waals surface area (Å²) in [4.78, 5) is 0. The zero-order valence-electron chi connectivity index (χ0n) is 13.3. The minimum Gasteiger partial charge on any atom is -0.381 e. The molecule has 2 aromatic rings. The summed E-state index contributed by atoms with van der Waals surface area (Å²) in [5, 5.41) is 5.82. The van der Waals surface area contributed by atoms with E-state index in [1.54, 1.807) is 0 Å². The predicted octanol–water partition coefficient (Wildman–Crippen LogP) is 3.94. The summed E-state index contributed by atoms with van der Waals surface area (Å²) in [6, 6.07) is 4.60. The molecule has 0 spiro atoms. The van der Waals surface area contributed by atoms with Crippen molar-refractivity contribution >= 4 is 10.9 Å². The number of rotatable bonds is 2. The lowest BCUT2D eigenvalue weighted by molar-refractivity contribution is -0.0366. The van der Waals surface area contributed by atoms with E-state index in [1.165, 1.54) is 41.3 Å². The summed E-state index contributed by atoms with van der Waals surface area (Å²) in [7, 11) is 0.